The first-order chi connectivity index (χ1) is 10.7. The van der Waals surface area contributed by atoms with E-state index in [-0.39, 0.29) is 0 Å². The summed E-state index contributed by atoms with van der Waals surface area (Å²) >= 11 is 0. The molecule has 2 aromatic rings. The highest BCUT2D eigenvalue weighted by Crippen LogP contribution is 2.29. The van der Waals surface area contributed by atoms with Crippen molar-refractivity contribution in [3.63, 3.8) is 0 Å². The van der Waals surface area contributed by atoms with Crippen molar-refractivity contribution in [2.75, 3.05) is 30.4 Å². The molecule has 2 heterocycles. The summed E-state index contributed by atoms with van der Waals surface area (Å²) in [5.74, 6) is 2.43. The van der Waals surface area contributed by atoms with E-state index >= 15 is 0 Å². The third-order valence-electron chi connectivity index (χ3n) is 3.85. The first-order valence-corrected chi connectivity index (χ1v) is 7.68. The molecular formula is C17H22N4O. The van der Waals surface area contributed by atoms with Gasteiger partial charge in [0.05, 0.1) is 12.8 Å². The second kappa shape index (κ2) is 6.22. The van der Waals surface area contributed by atoms with E-state index in [0.717, 1.165) is 42.0 Å². The quantitative estimate of drug-likeness (QED) is 0.937. The van der Waals surface area contributed by atoms with Crippen LogP contribution in [0, 0.1) is 13.8 Å². The van der Waals surface area contributed by atoms with Crippen molar-refractivity contribution in [2.45, 2.75) is 26.7 Å². The Morgan fingerprint density at radius 1 is 1.09 bits per heavy atom. The molecule has 0 amide bonds. The predicted molar refractivity (Wildman–Crippen MR) is 89.2 cm³/mol. The average Bonchev–Trinajstić information content (AvgIpc) is 3.01. The van der Waals surface area contributed by atoms with Crippen molar-refractivity contribution in [3.8, 4) is 5.75 Å². The molecule has 5 nitrogen and oxygen atoms in total. The van der Waals surface area contributed by atoms with Crippen LogP contribution >= 0.6 is 0 Å². The van der Waals surface area contributed by atoms with Crippen molar-refractivity contribution >= 4 is 17.5 Å². The lowest BCUT2D eigenvalue weighted by molar-refractivity contribution is 0.416. The van der Waals surface area contributed by atoms with Crippen LogP contribution in [0.15, 0.2) is 24.3 Å². The molecule has 1 aromatic heterocycles. The summed E-state index contributed by atoms with van der Waals surface area (Å²) in [5, 5.41) is 3.37. The van der Waals surface area contributed by atoms with Gasteiger partial charge in [-0.15, -0.1) is 0 Å². The number of nitrogens with zero attached hydrogens (tertiary/aromatic N) is 3. The van der Waals surface area contributed by atoms with Gasteiger partial charge in [0, 0.05) is 24.8 Å². The number of hydrogen-bond donors (Lipinski definition) is 1. The van der Waals surface area contributed by atoms with Crippen molar-refractivity contribution in [1.29, 1.82) is 0 Å². The van der Waals surface area contributed by atoms with Crippen molar-refractivity contribution < 1.29 is 4.74 Å². The molecule has 0 atom stereocenters. The van der Waals surface area contributed by atoms with Crippen LogP contribution in [-0.2, 0) is 0 Å². The van der Waals surface area contributed by atoms with E-state index in [0.29, 0.717) is 0 Å². The SMILES string of the molecule is COc1ccc(C)cc1Nc1cc(C)nc(N2CCCC2)n1. The molecule has 3 rings (SSSR count). The van der Waals surface area contributed by atoms with Crippen LogP contribution in [0.5, 0.6) is 5.75 Å². The molecule has 5 heteroatoms. The molecule has 1 N–H and O–H groups in total. The van der Waals surface area contributed by atoms with E-state index in [1.165, 1.54) is 18.4 Å². The third-order valence-corrected chi connectivity index (χ3v) is 3.85. The monoisotopic (exact) mass is 298 g/mol. The summed E-state index contributed by atoms with van der Waals surface area (Å²) in [6.07, 6.45) is 2.43. The summed E-state index contributed by atoms with van der Waals surface area (Å²) in [5.41, 5.74) is 3.06. The number of nitrogens with one attached hydrogen (secondary N) is 1. The number of aromatic nitrogens is 2. The van der Waals surface area contributed by atoms with Gasteiger partial charge in [0.15, 0.2) is 0 Å². The Bertz CT molecular complexity index is 666. The lowest BCUT2D eigenvalue weighted by Gasteiger charge is -2.17. The Morgan fingerprint density at radius 3 is 2.59 bits per heavy atom. The number of hydrogen-bond acceptors (Lipinski definition) is 5. The zero-order valence-electron chi connectivity index (χ0n) is 13.4. The van der Waals surface area contributed by atoms with Gasteiger partial charge in [0.1, 0.15) is 11.6 Å². The number of aryl methyl sites for hydroxylation is 2. The van der Waals surface area contributed by atoms with Crippen molar-refractivity contribution in [1.82, 2.24) is 9.97 Å². The topological polar surface area (TPSA) is 50.3 Å². The Kier molecular flexibility index (Phi) is 4.13. The molecule has 0 aliphatic carbocycles. The van der Waals surface area contributed by atoms with Crippen LogP contribution in [0.3, 0.4) is 0 Å². The van der Waals surface area contributed by atoms with Crippen LogP contribution in [0.2, 0.25) is 0 Å². The lowest BCUT2D eigenvalue weighted by Crippen LogP contribution is -2.21. The van der Waals surface area contributed by atoms with Gasteiger partial charge in [-0.2, -0.15) is 4.98 Å². The van der Waals surface area contributed by atoms with E-state index in [2.05, 4.69) is 33.2 Å². The first-order valence-electron chi connectivity index (χ1n) is 7.68. The van der Waals surface area contributed by atoms with Gasteiger partial charge in [0.25, 0.3) is 0 Å². The van der Waals surface area contributed by atoms with E-state index in [1.54, 1.807) is 7.11 Å². The number of benzene rings is 1. The summed E-state index contributed by atoms with van der Waals surface area (Å²) in [6, 6.07) is 8.02. The molecule has 0 bridgehead atoms. The summed E-state index contributed by atoms with van der Waals surface area (Å²) in [6.45, 7) is 6.14. The Morgan fingerprint density at radius 2 is 1.86 bits per heavy atom. The molecule has 1 aliphatic rings. The van der Waals surface area contributed by atoms with Crippen LogP contribution in [-0.4, -0.2) is 30.2 Å². The Labute approximate surface area is 131 Å². The van der Waals surface area contributed by atoms with E-state index in [9.17, 15) is 0 Å². The molecular weight excluding hydrogens is 276 g/mol. The lowest BCUT2D eigenvalue weighted by atomic mass is 10.2. The minimum absolute atomic E-state index is 0.804. The maximum absolute atomic E-state index is 5.42. The Balaban J connectivity index is 1.90. The number of ether oxygens (including phenoxy) is 1. The predicted octanol–water partition coefficient (Wildman–Crippen LogP) is 3.45. The average molecular weight is 298 g/mol. The van der Waals surface area contributed by atoms with Crippen LogP contribution in [0.1, 0.15) is 24.1 Å². The summed E-state index contributed by atoms with van der Waals surface area (Å²) in [4.78, 5) is 11.5. The fourth-order valence-corrected chi connectivity index (χ4v) is 2.73. The van der Waals surface area contributed by atoms with Gasteiger partial charge in [-0.3, -0.25) is 0 Å². The molecule has 0 spiro atoms. The second-order valence-electron chi connectivity index (χ2n) is 5.72. The van der Waals surface area contributed by atoms with E-state index in [4.69, 9.17) is 4.74 Å². The van der Waals surface area contributed by atoms with E-state index < -0.39 is 0 Å². The van der Waals surface area contributed by atoms with Gasteiger partial charge in [0.2, 0.25) is 5.95 Å². The molecule has 0 saturated carbocycles. The highest BCUT2D eigenvalue weighted by Gasteiger charge is 2.16. The number of anilines is 3. The molecule has 1 aliphatic heterocycles. The summed E-state index contributed by atoms with van der Waals surface area (Å²) in [7, 11) is 1.68. The van der Waals surface area contributed by atoms with E-state index in [1.807, 2.05) is 25.1 Å². The highest BCUT2D eigenvalue weighted by atomic mass is 16.5. The number of rotatable bonds is 4. The van der Waals surface area contributed by atoms with Crippen LogP contribution in [0.25, 0.3) is 0 Å². The highest BCUT2D eigenvalue weighted by molar-refractivity contribution is 5.66. The van der Waals surface area contributed by atoms with Crippen LogP contribution in [0.4, 0.5) is 17.5 Å². The van der Waals surface area contributed by atoms with Gasteiger partial charge in [-0.1, -0.05) is 6.07 Å². The molecule has 1 aromatic carbocycles. The normalized spacial score (nSPS) is 14.2. The van der Waals surface area contributed by atoms with Crippen LogP contribution < -0.4 is 15.0 Å². The molecule has 1 saturated heterocycles. The second-order valence-corrected chi connectivity index (χ2v) is 5.72. The fraction of sp³-hybridized carbons (Fsp3) is 0.412. The Hall–Kier alpha value is -2.30. The molecule has 1 fully saturated rings. The van der Waals surface area contributed by atoms with Gasteiger partial charge in [-0.05, 0) is 44.4 Å². The smallest absolute Gasteiger partial charge is 0.227 e. The molecule has 22 heavy (non-hydrogen) atoms. The molecule has 0 radical (unpaired) electrons. The largest absolute Gasteiger partial charge is 0.495 e. The standard InChI is InChI=1S/C17H22N4O/c1-12-6-7-15(22-3)14(10-12)19-16-11-13(2)18-17(20-16)21-8-4-5-9-21/h6-7,10-11H,4-5,8-9H2,1-3H3,(H,18,19,20). The maximum atomic E-state index is 5.42. The number of methoxy groups -OCH3 is 1. The zero-order valence-corrected chi connectivity index (χ0v) is 13.4. The van der Waals surface area contributed by atoms with Gasteiger partial charge >= 0.3 is 0 Å². The zero-order chi connectivity index (χ0) is 15.5. The maximum Gasteiger partial charge on any atom is 0.227 e. The minimum Gasteiger partial charge on any atom is -0.495 e. The first kappa shape index (κ1) is 14.6. The third kappa shape index (κ3) is 3.13. The minimum atomic E-state index is 0.804. The fourth-order valence-electron chi connectivity index (χ4n) is 2.73. The van der Waals surface area contributed by atoms with Crippen molar-refractivity contribution in [3.05, 3.63) is 35.5 Å². The summed E-state index contributed by atoms with van der Waals surface area (Å²) < 4.78 is 5.42. The van der Waals surface area contributed by atoms with Crippen molar-refractivity contribution in [2.24, 2.45) is 0 Å². The molecule has 0 unspecified atom stereocenters. The van der Waals surface area contributed by atoms with Gasteiger partial charge in [-0.25, -0.2) is 4.98 Å². The van der Waals surface area contributed by atoms with Gasteiger partial charge < -0.3 is 15.0 Å². The molecule has 116 valence electrons.